The van der Waals surface area contributed by atoms with E-state index in [1.807, 2.05) is 44.2 Å². The summed E-state index contributed by atoms with van der Waals surface area (Å²) in [6.45, 7) is 4.00. The molecule has 0 saturated carbocycles. The SMILES string of the molecule is CC(C)[C@@H]1NC(=O)[C@@H]2C[C@@H](CN2C(=O)c2ccc[nH]2)n2cc(nn2)CNC(=O)[C@@H](Cc2ccccc2)NC1=O. The molecule has 4 bridgehead atoms. The molecule has 1 aromatic carbocycles. The molecule has 2 aliphatic heterocycles. The Bertz CT molecular complexity index is 1340. The van der Waals surface area contributed by atoms with Crippen LogP contribution in [0.5, 0.6) is 0 Å². The van der Waals surface area contributed by atoms with Crippen LogP contribution in [0.3, 0.4) is 0 Å². The van der Waals surface area contributed by atoms with Crippen LogP contribution < -0.4 is 16.0 Å². The van der Waals surface area contributed by atoms with E-state index in [-0.39, 0.29) is 43.3 Å². The van der Waals surface area contributed by atoms with Gasteiger partial charge in [0.1, 0.15) is 29.5 Å². The van der Waals surface area contributed by atoms with Crippen LogP contribution in [-0.4, -0.2) is 73.2 Å². The lowest BCUT2D eigenvalue weighted by Gasteiger charge is -2.28. The summed E-state index contributed by atoms with van der Waals surface area (Å²) >= 11 is 0. The number of carbonyl (C=O) groups is 4. The van der Waals surface area contributed by atoms with Gasteiger partial charge < -0.3 is 25.8 Å². The smallest absolute Gasteiger partial charge is 0.271 e. The van der Waals surface area contributed by atoms with E-state index >= 15 is 0 Å². The average molecular weight is 533 g/mol. The number of nitrogens with one attached hydrogen (secondary N) is 4. The van der Waals surface area contributed by atoms with Crippen molar-refractivity contribution >= 4 is 23.6 Å². The summed E-state index contributed by atoms with van der Waals surface area (Å²) in [4.78, 5) is 58.1. The van der Waals surface area contributed by atoms with Crippen molar-refractivity contribution in [1.29, 1.82) is 0 Å². The number of hydrogen-bond acceptors (Lipinski definition) is 6. The van der Waals surface area contributed by atoms with E-state index in [4.69, 9.17) is 0 Å². The molecule has 0 radical (unpaired) electrons. The van der Waals surface area contributed by atoms with Crippen molar-refractivity contribution in [1.82, 2.24) is 40.8 Å². The van der Waals surface area contributed by atoms with Crippen molar-refractivity contribution in [2.75, 3.05) is 6.54 Å². The van der Waals surface area contributed by atoms with Crippen LogP contribution in [0.4, 0.5) is 0 Å². The summed E-state index contributed by atoms with van der Waals surface area (Å²) < 4.78 is 1.63. The van der Waals surface area contributed by atoms with Crippen LogP contribution >= 0.6 is 0 Å². The Kier molecular flexibility index (Phi) is 7.44. The van der Waals surface area contributed by atoms with Gasteiger partial charge in [-0.2, -0.15) is 0 Å². The van der Waals surface area contributed by atoms with Gasteiger partial charge in [-0.05, 0) is 23.6 Å². The van der Waals surface area contributed by atoms with Gasteiger partial charge in [-0.15, -0.1) is 5.10 Å². The average Bonchev–Trinajstić information content (AvgIpc) is 3.70. The fourth-order valence-electron chi connectivity index (χ4n) is 5.08. The number of nitrogens with zero attached hydrogens (tertiary/aromatic N) is 4. The number of carbonyl (C=O) groups excluding carboxylic acids is 4. The summed E-state index contributed by atoms with van der Waals surface area (Å²) in [7, 11) is 0. The molecule has 0 spiro atoms. The van der Waals surface area contributed by atoms with E-state index in [1.165, 1.54) is 4.90 Å². The third-order valence-electron chi connectivity index (χ3n) is 7.21. The number of aromatic nitrogens is 4. The molecule has 4 heterocycles. The highest BCUT2D eigenvalue weighted by Crippen LogP contribution is 2.29. The van der Waals surface area contributed by atoms with Gasteiger partial charge in [0.25, 0.3) is 5.91 Å². The predicted molar refractivity (Wildman–Crippen MR) is 140 cm³/mol. The Labute approximate surface area is 225 Å². The number of benzene rings is 1. The molecule has 12 nitrogen and oxygen atoms in total. The quantitative estimate of drug-likeness (QED) is 0.385. The Morgan fingerprint density at radius 1 is 1.03 bits per heavy atom. The van der Waals surface area contributed by atoms with E-state index in [1.54, 1.807) is 29.2 Å². The number of H-pyrrole nitrogens is 1. The molecule has 1 saturated heterocycles. The molecule has 1 fully saturated rings. The molecule has 39 heavy (non-hydrogen) atoms. The Balaban J connectivity index is 1.46. The molecule has 204 valence electrons. The molecule has 0 aliphatic carbocycles. The number of aromatic amines is 1. The Morgan fingerprint density at radius 2 is 1.82 bits per heavy atom. The van der Waals surface area contributed by atoms with Crippen molar-refractivity contribution in [2.24, 2.45) is 5.92 Å². The van der Waals surface area contributed by atoms with Crippen LogP contribution in [0.1, 0.15) is 48.1 Å². The second kappa shape index (κ2) is 11.1. The van der Waals surface area contributed by atoms with Crippen LogP contribution in [0.2, 0.25) is 0 Å². The maximum absolute atomic E-state index is 13.6. The first-order valence-corrected chi connectivity index (χ1v) is 13.1. The molecular formula is C27H32N8O4. The maximum atomic E-state index is 13.6. The number of fused-ring (bicyclic) bond motifs is 5. The minimum absolute atomic E-state index is 0.117. The predicted octanol–water partition coefficient (Wildman–Crippen LogP) is 0.560. The van der Waals surface area contributed by atoms with Crippen molar-refractivity contribution in [3.05, 3.63) is 71.8 Å². The first-order chi connectivity index (χ1) is 18.8. The van der Waals surface area contributed by atoms with Gasteiger partial charge in [-0.1, -0.05) is 49.4 Å². The molecule has 4 N–H and O–H groups in total. The molecule has 0 unspecified atom stereocenters. The van der Waals surface area contributed by atoms with Crippen LogP contribution in [0.15, 0.2) is 54.9 Å². The summed E-state index contributed by atoms with van der Waals surface area (Å²) in [5, 5.41) is 17.0. The van der Waals surface area contributed by atoms with Gasteiger partial charge in [-0.25, -0.2) is 4.68 Å². The van der Waals surface area contributed by atoms with Gasteiger partial charge in [-0.3, -0.25) is 19.2 Å². The second-order valence-electron chi connectivity index (χ2n) is 10.3. The third-order valence-corrected chi connectivity index (χ3v) is 7.21. The van der Waals surface area contributed by atoms with Crippen LogP contribution in [-0.2, 0) is 27.3 Å². The fourth-order valence-corrected chi connectivity index (χ4v) is 5.08. The summed E-state index contributed by atoms with van der Waals surface area (Å²) in [6.07, 6.45) is 3.94. The van der Waals surface area contributed by atoms with Crippen molar-refractivity contribution in [2.45, 2.75) is 57.4 Å². The first-order valence-electron chi connectivity index (χ1n) is 13.1. The van der Waals surface area contributed by atoms with E-state index < -0.39 is 29.9 Å². The molecule has 12 heteroatoms. The maximum Gasteiger partial charge on any atom is 0.271 e. The van der Waals surface area contributed by atoms with Gasteiger partial charge in [0, 0.05) is 25.6 Å². The lowest BCUT2D eigenvalue weighted by Crippen LogP contribution is -2.58. The van der Waals surface area contributed by atoms with E-state index in [0.29, 0.717) is 17.8 Å². The minimum atomic E-state index is -0.910. The summed E-state index contributed by atoms with van der Waals surface area (Å²) in [5.74, 6) is -1.86. The number of hydrogen-bond donors (Lipinski definition) is 4. The van der Waals surface area contributed by atoms with Crippen LogP contribution in [0.25, 0.3) is 0 Å². The van der Waals surface area contributed by atoms with E-state index in [2.05, 4.69) is 31.2 Å². The monoisotopic (exact) mass is 532 g/mol. The van der Waals surface area contributed by atoms with Crippen molar-refractivity contribution in [3.63, 3.8) is 0 Å². The normalized spacial score (nSPS) is 24.0. The number of rotatable bonds is 4. The highest BCUT2D eigenvalue weighted by atomic mass is 16.2. The summed E-state index contributed by atoms with van der Waals surface area (Å²) in [6, 6.07) is 9.84. The highest BCUT2D eigenvalue weighted by molar-refractivity contribution is 5.98. The lowest BCUT2D eigenvalue weighted by molar-refractivity contribution is -0.134. The van der Waals surface area contributed by atoms with Crippen molar-refractivity contribution < 1.29 is 19.2 Å². The second-order valence-corrected chi connectivity index (χ2v) is 10.3. The largest absolute Gasteiger partial charge is 0.357 e. The zero-order chi connectivity index (χ0) is 27.5. The zero-order valence-electron chi connectivity index (χ0n) is 21.8. The lowest BCUT2D eigenvalue weighted by atomic mass is 10.00. The number of likely N-dealkylation sites (tertiary alicyclic amines) is 1. The zero-order valence-corrected chi connectivity index (χ0v) is 21.8. The van der Waals surface area contributed by atoms with E-state index in [9.17, 15) is 19.2 Å². The molecule has 2 aliphatic rings. The molecule has 4 amide bonds. The number of amides is 4. The fraction of sp³-hybridized carbons (Fsp3) is 0.407. The van der Waals surface area contributed by atoms with Crippen LogP contribution in [0, 0.1) is 5.92 Å². The Hall–Kier alpha value is -4.48. The topological polar surface area (TPSA) is 154 Å². The van der Waals surface area contributed by atoms with Gasteiger partial charge in [0.2, 0.25) is 17.7 Å². The summed E-state index contributed by atoms with van der Waals surface area (Å²) in [5.41, 5.74) is 1.77. The molecule has 4 atom stereocenters. The van der Waals surface area contributed by atoms with Gasteiger partial charge >= 0.3 is 0 Å². The first kappa shape index (κ1) is 26.1. The van der Waals surface area contributed by atoms with Gasteiger partial charge in [0.05, 0.1) is 18.8 Å². The molecule has 3 aromatic rings. The van der Waals surface area contributed by atoms with Crippen molar-refractivity contribution in [3.8, 4) is 0 Å². The molecular weight excluding hydrogens is 500 g/mol. The third kappa shape index (κ3) is 5.69. The highest BCUT2D eigenvalue weighted by Gasteiger charge is 2.43. The molecule has 2 aromatic heterocycles. The standard InChI is InChI=1S/C27H32N8O4/c1-16(2)23-26(38)30-21(11-17-7-4-3-5-8-17)24(36)29-13-18-14-35(33-32-18)19-12-22(25(37)31-23)34(15-19)27(39)20-9-6-10-28-20/h3-10,14,16,19,21-23,28H,11-13,15H2,1-2H3,(H,29,36)(H,30,38)(H,31,37)/t19-,21+,22-,23-/m0/s1. The van der Waals surface area contributed by atoms with Gasteiger partial charge in [0.15, 0.2) is 0 Å². The minimum Gasteiger partial charge on any atom is -0.357 e. The Morgan fingerprint density at radius 3 is 2.54 bits per heavy atom. The van der Waals surface area contributed by atoms with E-state index in [0.717, 1.165) is 5.56 Å². The molecule has 5 rings (SSSR count).